The zero-order valence-electron chi connectivity index (χ0n) is 13.1. The molecule has 1 heterocycles. The number of nitrogens with zero attached hydrogens (tertiary/aromatic N) is 2. The predicted octanol–water partition coefficient (Wildman–Crippen LogP) is 4.57. The molecule has 0 aliphatic heterocycles. The lowest BCUT2D eigenvalue weighted by Crippen LogP contribution is -2.15. The van der Waals surface area contributed by atoms with Crippen LogP contribution in [0.1, 0.15) is 5.56 Å². The normalized spacial score (nSPS) is 10.7. The highest BCUT2D eigenvalue weighted by Gasteiger charge is 2.12. The van der Waals surface area contributed by atoms with E-state index in [1.165, 1.54) is 12.1 Å². The van der Waals surface area contributed by atoms with Crippen molar-refractivity contribution in [2.45, 2.75) is 12.1 Å². The third-order valence-electron chi connectivity index (χ3n) is 3.22. The summed E-state index contributed by atoms with van der Waals surface area (Å²) in [6.45, 7) is 1.78. The zero-order chi connectivity index (χ0) is 17.8. The molecule has 0 bridgehead atoms. The molecule has 0 atom stereocenters. The lowest BCUT2D eigenvalue weighted by atomic mass is 10.2. The lowest BCUT2D eigenvalue weighted by molar-refractivity contribution is -0.113. The van der Waals surface area contributed by atoms with E-state index in [0.29, 0.717) is 10.9 Å². The van der Waals surface area contributed by atoms with E-state index in [-0.39, 0.29) is 22.6 Å². The number of hydrogen-bond donors (Lipinski definition) is 1. The quantitative estimate of drug-likeness (QED) is 0.660. The number of carbonyl (C=O) groups excluding carboxylic acids is 1. The summed E-state index contributed by atoms with van der Waals surface area (Å²) < 4.78 is 19.2. The number of carbonyl (C=O) groups is 1. The van der Waals surface area contributed by atoms with Gasteiger partial charge >= 0.3 is 0 Å². The second-order valence-corrected chi connectivity index (χ2v) is 6.56. The van der Waals surface area contributed by atoms with Crippen LogP contribution in [0.3, 0.4) is 0 Å². The van der Waals surface area contributed by atoms with Gasteiger partial charge < -0.3 is 9.73 Å². The summed E-state index contributed by atoms with van der Waals surface area (Å²) in [7, 11) is 0. The first-order valence-electron chi connectivity index (χ1n) is 7.29. The van der Waals surface area contributed by atoms with E-state index in [2.05, 4.69) is 15.5 Å². The Bertz CT molecular complexity index is 899. The van der Waals surface area contributed by atoms with Gasteiger partial charge in [-0.25, -0.2) is 4.39 Å². The van der Waals surface area contributed by atoms with Crippen LogP contribution >= 0.6 is 23.4 Å². The SMILES string of the molecule is Cc1ccc(NC(=O)CSc2nnc(-c3ccc(Cl)cc3)o2)c(F)c1. The molecule has 5 nitrogen and oxygen atoms in total. The molecule has 0 aliphatic rings. The number of thioether (sulfide) groups is 1. The molecule has 0 spiro atoms. The molecule has 2 aromatic carbocycles. The van der Waals surface area contributed by atoms with Crippen molar-refractivity contribution < 1.29 is 13.6 Å². The Balaban J connectivity index is 1.58. The summed E-state index contributed by atoms with van der Waals surface area (Å²) in [5.74, 6) is -0.473. The molecule has 128 valence electrons. The average Bonchev–Trinajstić information content (AvgIpc) is 3.05. The molecular weight excluding hydrogens is 365 g/mol. The van der Waals surface area contributed by atoms with E-state index in [4.69, 9.17) is 16.0 Å². The topological polar surface area (TPSA) is 68.0 Å². The summed E-state index contributed by atoms with van der Waals surface area (Å²) in [4.78, 5) is 11.9. The highest BCUT2D eigenvalue weighted by Crippen LogP contribution is 2.24. The van der Waals surface area contributed by atoms with Crippen LogP contribution in [-0.4, -0.2) is 21.9 Å². The minimum absolute atomic E-state index is 0.0234. The Kier molecular flexibility index (Phi) is 5.35. The highest BCUT2D eigenvalue weighted by molar-refractivity contribution is 7.99. The van der Waals surface area contributed by atoms with Crippen molar-refractivity contribution in [3.8, 4) is 11.5 Å². The van der Waals surface area contributed by atoms with Crippen LogP contribution in [0.25, 0.3) is 11.5 Å². The van der Waals surface area contributed by atoms with Gasteiger partial charge in [0, 0.05) is 10.6 Å². The summed E-state index contributed by atoms with van der Waals surface area (Å²) >= 11 is 6.91. The number of aryl methyl sites for hydroxylation is 1. The van der Waals surface area contributed by atoms with Crippen molar-refractivity contribution in [1.29, 1.82) is 0 Å². The molecule has 1 amide bonds. The fraction of sp³-hybridized carbons (Fsp3) is 0.118. The van der Waals surface area contributed by atoms with Crippen LogP contribution in [-0.2, 0) is 4.79 Å². The Morgan fingerprint density at radius 2 is 2.00 bits per heavy atom. The zero-order valence-corrected chi connectivity index (χ0v) is 14.7. The second-order valence-electron chi connectivity index (χ2n) is 5.20. The summed E-state index contributed by atoms with van der Waals surface area (Å²) in [5, 5.41) is 11.2. The van der Waals surface area contributed by atoms with Crippen LogP contribution in [0.15, 0.2) is 52.1 Å². The molecule has 0 fully saturated rings. The predicted molar refractivity (Wildman–Crippen MR) is 95.2 cm³/mol. The molecule has 8 heteroatoms. The van der Waals surface area contributed by atoms with E-state index >= 15 is 0 Å². The van der Waals surface area contributed by atoms with Crippen molar-refractivity contribution in [3.05, 3.63) is 58.9 Å². The van der Waals surface area contributed by atoms with Gasteiger partial charge in [-0.1, -0.05) is 29.4 Å². The molecule has 1 N–H and O–H groups in total. The van der Waals surface area contributed by atoms with Crippen molar-refractivity contribution in [1.82, 2.24) is 10.2 Å². The number of nitrogens with one attached hydrogen (secondary N) is 1. The van der Waals surface area contributed by atoms with Gasteiger partial charge in [0.05, 0.1) is 11.4 Å². The molecule has 0 radical (unpaired) electrons. The maximum Gasteiger partial charge on any atom is 0.277 e. The number of amides is 1. The summed E-state index contributed by atoms with van der Waals surface area (Å²) in [5.41, 5.74) is 1.66. The van der Waals surface area contributed by atoms with Gasteiger partial charge in [-0.05, 0) is 48.9 Å². The molecule has 0 saturated carbocycles. The van der Waals surface area contributed by atoms with Gasteiger partial charge in [-0.15, -0.1) is 10.2 Å². The Hall–Kier alpha value is -2.38. The maximum absolute atomic E-state index is 13.7. The third kappa shape index (κ3) is 4.58. The smallest absolute Gasteiger partial charge is 0.277 e. The van der Waals surface area contributed by atoms with E-state index in [0.717, 1.165) is 22.9 Å². The molecule has 1 aromatic heterocycles. The first-order chi connectivity index (χ1) is 12.0. The second kappa shape index (κ2) is 7.67. The van der Waals surface area contributed by atoms with Crippen molar-refractivity contribution >= 4 is 35.0 Å². The van der Waals surface area contributed by atoms with Crippen LogP contribution in [0.4, 0.5) is 10.1 Å². The molecule has 3 aromatic rings. The van der Waals surface area contributed by atoms with E-state index in [1.54, 1.807) is 37.3 Å². The van der Waals surface area contributed by atoms with Crippen molar-refractivity contribution in [2.75, 3.05) is 11.1 Å². The van der Waals surface area contributed by atoms with Gasteiger partial charge in [0.15, 0.2) is 0 Å². The van der Waals surface area contributed by atoms with Crippen molar-refractivity contribution in [3.63, 3.8) is 0 Å². The van der Waals surface area contributed by atoms with E-state index in [9.17, 15) is 9.18 Å². The minimum Gasteiger partial charge on any atom is -0.411 e. The standard InChI is InChI=1S/C17H13ClFN3O2S/c1-10-2-7-14(13(19)8-10)20-15(23)9-25-17-22-21-16(24-17)11-3-5-12(18)6-4-11/h2-8H,9H2,1H3,(H,20,23). The Labute approximate surface area is 152 Å². The molecule has 0 unspecified atom stereocenters. The van der Waals surface area contributed by atoms with Crippen LogP contribution < -0.4 is 5.32 Å². The third-order valence-corrected chi connectivity index (χ3v) is 4.29. The molecule has 25 heavy (non-hydrogen) atoms. The number of benzene rings is 2. The largest absolute Gasteiger partial charge is 0.411 e. The van der Waals surface area contributed by atoms with E-state index in [1.807, 2.05) is 0 Å². The van der Waals surface area contributed by atoms with E-state index < -0.39 is 5.82 Å². The average molecular weight is 378 g/mol. The first-order valence-corrected chi connectivity index (χ1v) is 8.66. The lowest BCUT2D eigenvalue weighted by Gasteiger charge is -2.05. The maximum atomic E-state index is 13.7. The fourth-order valence-electron chi connectivity index (χ4n) is 2.01. The molecule has 0 aliphatic carbocycles. The van der Waals surface area contributed by atoms with Crippen molar-refractivity contribution in [2.24, 2.45) is 0 Å². The molecule has 3 rings (SSSR count). The Morgan fingerprint density at radius 1 is 1.24 bits per heavy atom. The molecular formula is C17H13ClFN3O2S. The fourth-order valence-corrected chi connectivity index (χ4v) is 2.70. The number of halogens is 2. The van der Waals surface area contributed by atoms with Gasteiger partial charge in [-0.2, -0.15) is 0 Å². The number of hydrogen-bond acceptors (Lipinski definition) is 5. The van der Waals surface area contributed by atoms with Gasteiger partial charge in [-0.3, -0.25) is 4.79 Å². The molecule has 0 saturated heterocycles. The number of aromatic nitrogens is 2. The van der Waals surface area contributed by atoms with Crippen LogP contribution in [0, 0.1) is 12.7 Å². The first kappa shape index (κ1) is 17.4. The van der Waals surface area contributed by atoms with Gasteiger partial charge in [0.1, 0.15) is 5.82 Å². The van der Waals surface area contributed by atoms with Gasteiger partial charge in [0.2, 0.25) is 11.8 Å². The van der Waals surface area contributed by atoms with Crippen LogP contribution in [0.5, 0.6) is 0 Å². The van der Waals surface area contributed by atoms with Gasteiger partial charge in [0.25, 0.3) is 5.22 Å². The number of rotatable bonds is 5. The number of anilines is 1. The Morgan fingerprint density at radius 3 is 2.72 bits per heavy atom. The summed E-state index contributed by atoms with van der Waals surface area (Å²) in [6.07, 6.45) is 0. The monoisotopic (exact) mass is 377 g/mol. The minimum atomic E-state index is -0.471. The highest BCUT2D eigenvalue weighted by atomic mass is 35.5. The summed E-state index contributed by atoms with van der Waals surface area (Å²) in [6, 6.07) is 11.6. The van der Waals surface area contributed by atoms with Crippen LogP contribution in [0.2, 0.25) is 5.02 Å².